The average molecular weight is 259 g/mol. The molecular formula is C11H11ClO3S. The van der Waals surface area contributed by atoms with Gasteiger partial charge in [0, 0.05) is 9.92 Å². The Hall–Kier alpha value is -0.710. The topological polar surface area (TPSA) is 57.5 Å². The first kappa shape index (κ1) is 11.8. The minimum Gasteiger partial charge on any atom is -0.480 e. The molecule has 1 aromatic rings. The van der Waals surface area contributed by atoms with E-state index in [9.17, 15) is 9.90 Å². The number of aliphatic hydroxyl groups excluding tert-OH is 1. The first-order chi connectivity index (χ1) is 7.52. The number of carboxylic acids is 1. The third-order valence-electron chi connectivity index (χ3n) is 2.65. The van der Waals surface area contributed by atoms with Crippen molar-refractivity contribution in [3.63, 3.8) is 0 Å². The van der Waals surface area contributed by atoms with Crippen LogP contribution in [-0.4, -0.2) is 27.0 Å². The average Bonchev–Trinajstić information content (AvgIpc) is 2.18. The van der Waals surface area contributed by atoms with Crippen LogP contribution in [0.1, 0.15) is 12.8 Å². The zero-order valence-corrected chi connectivity index (χ0v) is 9.96. The molecular weight excluding hydrogens is 248 g/mol. The summed E-state index contributed by atoms with van der Waals surface area (Å²) in [5.74, 6) is -0.863. The van der Waals surface area contributed by atoms with E-state index in [1.807, 2.05) is 0 Å². The van der Waals surface area contributed by atoms with Crippen molar-refractivity contribution in [2.75, 3.05) is 0 Å². The van der Waals surface area contributed by atoms with E-state index in [4.69, 9.17) is 16.7 Å². The van der Waals surface area contributed by atoms with Crippen LogP contribution < -0.4 is 0 Å². The molecule has 2 N–H and O–H groups in total. The molecule has 0 amide bonds. The highest BCUT2D eigenvalue weighted by molar-refractivity contribution is 8.01. The number of halogens is 1. The Kier molecular flexibility index (Phi) is 3.15. The van der Waals surface area contributed by atoms with E-state index < -0.39 is 16.8 Å². The summed E-state index contributed by atoms with van der Waals surface area (Å²) < 4.78 is -0.868. The van der Waals surface area contributed by atoms with E-state index in [0.29, 0.717) is 17.9 Å². The molecule has 1 aliphatic rings. The third kappa shape index (κ3) is 2.19. The fraction of sp³-hybridized carbons (Fsp3) is 0.364. The van der Waals surface area contributed by atoms with E-state index in [0.717, 1.165) is 4.90 Å². The lowest BCUT2D eigenvalue weighted by atomic mass is 9.81. The lowest BCUT2D eigenvalue weighted by Gasteiger charge is -2.40. The zero-order valence-electron chi connectivity index (χ0n) is 8.39. The summed E-state index contributed by atoms with van der Waals surface area (Å²) in [5.41, 5.74) is 0. The van der Waals surface area contributed by atoms with Crippen molar-refractivity contribution in [2.45, 2.75) is 28.6 Å². The van der Waals surface area contributed by atoms with Gasteiger partial charge in [0.1, 0.15) is 4.75 Å². The molecule has 2 rings (SSSR count). The van der Waals surface area contributed by atoms with Crippen LogP contribution in [0, 0.1) is 0 Å². The molecule has 0 unspecified atom stereocenters. The zero-order chi connectivity index (χ0) is 11.8. The molecule has 86 valence electrons. The standard InChI is InChI=1S/C11H11ClO3S/c12-7-1-3-9(4-2-7)16-11(10(14)15)5-8(13)6-11/h1-4,8,13H,5-6H2,(H,14,15). The Bertz CT molecular complexity index is 398. The van der Waals surface area contributed by atoms with E-state index in [-0.39, 0.29) is 0 Å². The summed E-state index contributed by atoms with van der Waals surface area (Å²) in [4.78, 5) is 12.0. The summed E-state index contributed by atoms with van der Waals surface area (Å²) in [6.45, 7) is 0. The monoisotopic (exact) mass is 258 g/mol. The van der Waals surface area contributed by atoms with Gasteiger partial charge in [-0.15, -0.1) is 11.8 Å². The normalized spacial score (nSPS) is 28.5. The number of hydrogen-bond donors (Lipinski definition) is 2. The minimum atomic E-state index is -0.868. The van der Waals surface area contributed by atoms with Crippen LogP contribution in [0.4, 0.5) is 0 Å². The number of aliphatic hydroxyl groups is 1. The molecule has 0 radical (unpaired) electrons. The van der Waals surface area contributed by atoms with Gasteiger partial charge in [0.2, 0.25) is 0 Å². The van der Waals surface area contributed by atoms with Crippen molar-refractivity contribution >= 4 is 29.3 Å². The molecule has 0 saturated heterocycles. The maximum absolute atomic E-state index is 11.2. The molecule has 1 fully saturated rings. The summed E-state index contributed by atoms with van der Waals surface area (Å²) in [6, 6.07) is 7.05. The van der Waals surface area contributed by atoms with Crippen molar-refractivity contribution in [1.82, 2.24) is 0 Å². The van der Waals surface area contributed by atoms with Gasteiger partial charge in [-0.05, 0) is 37.1 Å². The van der Waals surface area contributed by atoms with Crippen LogP contribution in [0.15, 0.2) is 29.2 Å². The fourth-order valence-electron chi connectivity index (χ4n) is 1.73. The van der Waals surface area contributed by atoms with Gasteiger partial charge in [0.05, 0.1) is 6.10 Å². The van der Waals surface area contributed by atoms with Gasteiger partial charge in [-0.2, -0.15) is 0 Å². The van der Waals surface area contributed by atoms with Crippen LogP contribution in [0.5, 0.6) is 0 Å². The molecule has 0 heterocycles. The molecule has 0 aromatic heterocycles. The SMILES string of the molecule is O=C(O)C1(Sc2ccc(Cl)cc2)CC(O)C1. The van der Waals surface area contributed by atoms with Gasteiger partial charge in [0.15, 0.2) is 0 Å². The molecule has 1 aromatic carbocycles. The number of carbonyl (C=O) groups is 1. The predicted molar refractivity (Wildman–Crippen MR) is 62.9 cm³/mol. The van der Waals surface area contributed by atoms with Crippen LogP contribution in [0.3, 0.4) is 0 Å². The van der Waals surface area contributed by atoms with Gasteiger partial charge < -0.3 is 10.2 Å². The summed E-state index contributed by atoms with van der Waals surface area (Å²) in [6.07, 6.45) is 0.113. The first-order valence-corrected chi connectivity index (χ1v) is 6.07. The predicted octanol–water partition coefficient (Wildman–Crippen LogP) is 2.41. The van der Waals surface area contributed by atoms with Crippen LogP contribution >= 0.6 is 23.4 Å². The molecule has 0 spiro atoms. The number of aliphatic carboxylic acids is 1. The first-order valence-electron chi connectivity index (χ1n) is 4.88. The van der Waals surface area contributed by atoms with E-state index >= 15 is 0 Å². The molecule has 0 aliphatic heterocycles. The molecule has 0 atom stereocenters. The van der Waals surface area contributed by atoms with Crippen molar-refractivity contribution in [3.8, 4) is 0 Å². The minimum absolute atomic E-state index is 0.301. The molecule has 5 heteroatoms. The van der Waals surface area contributed by atoms with Gasteiger partial charge in [-0.1, -0.05) is 11.6 Å². The second-order valence-corrected chi connectivity index (χ2v) is 5.81. The Morgan fingerprint density at radius 2 is 1.94 bits per heavy atom. The van der Waals surface area contributed by atoms with Gasteiger partial charge in [-0.25, -0.2) is 0 Å². The third-order valence-corrected chi connectivity index (χ3v) is 4.31. The van der Waals surface area contributed by atoms with Crippen molar-refractivity contribution < 1.29 is 15.0 Å². The Morgan fingerprint density at radius 3 is 2.38 bits per heavy atom. The summed E-state index contributed by atoms with van der Waals surface area (Å²) in [5, 5.41) is 19.0. The summed E-state index contributed by atoms with van der Waals surface area (Å²) >= 11 is 7.03. The van der Waals surface area contributed by atoms with Gasteiger partial charge >= 0.3 is 5.97 Å². The van der Waals surface area contributed by atoms with Gasteiger partial charge in [0.25, 0.3) is 0 Å². The summed E-state index contributed by atoms with van der Waals surface area (Å²) in [7, 11) is 0. The number of benzene rings is 1. The Labute approximate surface area is 102 Å². The van der Waals surface area contributed by atoms with Crippen LogP contribution in [-0.2, 0) is 4.79 Å². The number of carboxylic acid groups (broad SMARTS) is 1. The maximum Gasteiger partial charge on any atom is 0.320 e. The quantitative estimate of drug-likeness (QED) is 0.874. The van der Waals surface area contributed by atoms with Crippen LogP contribution in [0.25, 0.3) is 0 Å². The highest BCUT2D eigenvalue weighted by atomic mass is 35.5. The Balaban J connectivity index is 2.13. The second-order valence-electron chi connectivity index (χ2n) is 3.92. The molecule has 1 saturated carbocycles. The molecule has 0 bridgehead atoms. The lowest BCUT2D eigenvalue weighted by molar-refractivity contribution is -0.145. The highest BCUT2D eigenvalue weighted by Gasteiger charge is 2.50. The van der Waals surface area contributed by atoms with Gasteiger partial charge in [-0.3, -0.25) is 4.79 Å². The molecule has 3 nitrogen and oxygen atoms in total. The number of hydrogen-bond acceptors (Lipinski definition) is 3. The fourth-order valence-corrected chi connectivity index (χ4v) is 3.22. The molecule has 16 heavy (non-hydrogen) atoms. The van der Waals surface area contributed by atoms with Crippen molar-refractivity contribution in [1.29, 1.82) is 0 Å². The Morgan fingerprint density at radius 1 is 1.38 bits per heavy atom. The smallest absolute Gasteiger partial charge is 0.320 e. The molecule has 1 aliphatic carbocycles. The van der Waals surface area contributed by atoms with Crippen molar-refractivity contribution in [3.05, 3.63) is 29.3 Å². The maximum atomic E-state index is 11.2. The number of thioether (sulfide) groups is 1. The van der Waals surface area contributed by atoms with E-state index in [1.165, 1.54) is 11.8 Å². The van der Waals surface area contributed by atoms with E-state index in [1.54, 1.807) is 24.3 Å². The highest BCUT2D eigenvalue weighted by Crippen LogP contribution is 2.48. The van der Waals surface area contributed by atoms with Crippen molar-refractivity contribution in [2.24, 2.45) is 0 Å². The van der Waals surface area contributed by atoms with E-state index in [2.05, 4.69) is 0 Å². The van der Waals surface area contributed by atoms with Crippen LogP contribution in [0.2, 0.25) is 5.02 Å². The largest absolute Gasteiger partial charge is 0.480 e. The lowest BCUT2D eigenvalue weighted by Crippen LogP contribution is -2.50. The second kappa shape index (κ2) is 4.28. The number of rotatable bonds is 3.